The highest BCUT2D eigenvalue weighted by atomic mass is 19.1. The Morgan fingerprint density at radius 2 is 2.05 bits per heavy atom. The minimum Gasteiger partial charge on any atom is -0.478 e. The molecule has 4 heteroatoms. The molecule has 2 saturated carbocycles. The van der Waals surface area contributed by atoms with Crippen molar-refractivity contribution in [3.8, 4) is 0 Å². The van der Waals surface area contributed by atoms with Gasteiger partial charge in [0.2, 0.25) is 0 Å². The van der Waals surface area contributed by atoms with E-state index in [0.29, 0.717) is 18.2 Å². The zero-order valence-electron chi connectivity index (χ0n) is 10.8. The maximum atomic E-state index is 13.9. The molecular weight excluding hydrogens is 245 g/mol. The van der Waals surface area contributed by atoms with Crippen molar-refractivity contribution in [3.05, 3.63) is 35.1 Å². The Morgan fingerprint density at radius 1 is 1.32 bits per heavy atom. The van der Waals surface area contributed by atoms with Crippen molar-refractivity contribution in [2.24, 2.45) is 5.92 Å². The lowest BCUT2D eigenvalue weighted by Crippen LogP contribution is -2.28. The minimum atomic E-state index is -1.08. The number of carbonyl (C=O) groups is 1. The van der Waals surface area contributed by atoms with Gasteiger partial charge in [0, 0.05) is 24.7 Å². The standard InChI is InChI=1S/C15H18FNO2/c16-14-7-11(15(18)19)3-4-12(14)9-17(13-5-6-13)8-10-1-2-10/h3-4,7,10,13H,1-2,5-6,8-9H2,(H,18,19). The number of carboxylic acids is 1. The molecule has 0 amide bonds. The second-order valence-electron chi connectivity index (χ2n) is 5.72. The molecule has 3 nitrogen and oxygen atoms in total. The van der Waals surface area contributed by atoms with Crippen molar-refractivity contribution in [2.45, 2.75) is 38.3 Å². The van der Waals surface area contributed by atoms with E-state index < -0.39 is 11.8 Å². The summed E-state index contributed by atoms with van der Waals surface area (Å²) in [4.78, 5) is 13.1. The Labute approximate surface area is 112 Å². The smallest absolute Gasteiger partial charge is 0.335 e. The fourth-order valence-corrected chi connectivity index (χ4v) is 2.44. The maximum absolute atomic E-state index is 13.9. The third kappa shape index (κ3) is 3.13. The van der Waals surface area contributed by atoms with Crippen LogP contribution in [0.25, 0.3) is 0 Å². The highest BCUT2D eigenvalue weighted by Gasteiger charge is 2.33. The summed E-state index contributed by atoms with van der Waals surface area (Å²) in [5, 5.41) is 8.83. The highest BCUT2D eigenvalue weighted by molar-refractivity contribution is 5.87. The summed E-state index contributed by atoms with van der Waals surface area (Å²) in [5.41, 5.74) is 0.624. The van der Waals surface area contributed by atoms with Gasteiger partial charge in [0.05, 0.1) is 5.56 Å². The number of hydrogen-bond donors (Lipinski definition) is 1. The molecule has 2 fully saturated rings. The van der Waals surface area contributed by atoms with E-state index >= 15 is 0 Å². The van der Waals surface area contributed by atoms with Crippen LogP contribution in [0.3, 0.4) is 0 Å². The van der Waals surface area contributed by atoms with Crippen molar-refractivity contribution >= 4 is 5.97 Å². The van der Waals surface area contributed by atoms with Gasteiger partial charge in [-0.1, -0.05) is 6.07 Å². The van der Waals surface area contributed by atoms with Gasteiger partial charge in [-0.3, -0.25) is 4.90 Å². The van der Waals surface area contributed by atoms with Crippen LogP contribution in [0.5, 0.6) is 0 Å². The average molecular weight is 263 g/mol. The fraction of sp³-hybridized carbons (Fsp3) is 0.533. The molecular formula is C15H18FNO2. The molecule has 19 heavy (non-hydrogen) atoms. The summed E-state index contributed by atoms with van der Waals surface area (Å²) in [6, 6.07) is 4.84. The van der Waals surface area contributed by atoms with Gasteiger partial charge in [-0.25, -0.2) is 9.18 Å². The van der Waals surface area contributed by atoms with Gasteiger partial charge in [0.25, 0.3) is 0 Å². The summed E-state index contributed by atoms with van der Waals surface area (Å²) in [5.74, 6) is -0.689. The first-order valence-corrected chi connectivity index (χ1v) is 6.89. The number of nitrogens with zero attached hydrogens (tertiary/aromatic N) is 1. The molecule has 0 aliphatic heterocycles. The molecule has 0 saturated heterocycles. The van der Waals surface area contributed by atoms with Crippen LogP contribution < -0.4 is 0 Å². The predicted molar refractivity (Wildman–Crippen MR) is 69.5 cm³/mol. The number of benzene rings is 1. The molecule has 0 spiro atoms. The van der Waals surface area contributed by atoms with Gasteiger partial charge in [-0.15, -0.1) is 0 Å². The van der Waals surface area contributed by atoms with E-state index in [0.717, 1.165) is 18.5 Å². The van der Waals surface area contributed by atoms with Crippen LogP contribution in [0.4, 0.5) is 4.39 Å². The zero-order chi connectivity index (χ0) is 13.4. The number of rotatable bonds is 6. The quantitative estimate of drug-likeness (QED) is 0.858. The summed E-state index contributed by atoms with van der Waals surface area (Å²) in [6.45, 7) is 1.66. The molecule has 0 unspecified atom stereocenters. The van der Waals surface area contributed by atoms with Gasteiger partial charge in [-0.2, -0.15) is 0 Å². The predicted octanol–water partition coefficient (Wildman–Crippen LogP) is 2.90. The zero-order valence-corrected chi connectivity index (χ0v) is 10.8. The summed E-state index contributed by atoms with van der Waals surface area (Å²) < 4.78 is 13.9. The molecule has 1 aromatic rings. The molecule has 0 radical (unpaired) electrons. The van der Waals surface area contributed by atoms with Gasteiger partial charge < -0.3 is 5.11 Å². The van der Waals surface area contributed by atoms with Gasteiger partial charge in [0.15, 0.2) is 0 Å². The van der Waals surface area contributed by atoms with Crippen LogP contribution in [0.1, 0.15) is 41.6 Å². The van der Waals surface area contributed by atoms with E-state index in [2.05, 4.69) is 4.90 Å². The van der Waals surface area contributed by atoms with Crippen molar-refractivity contribution in [1.29, 1.82) is 0 Å². The molecule has 1 N–H and O–H groups in total. The molecule has 0 bridgehead atoms. The van der Waals surface area contributed by atoms with Crippen LogP contribution in [0, 0.1) is 11.7 Å². The molecule has 1 aromatic carbocycles. The first-order valence-electron chi connectivity index (χ1n) is 6.89. The Balaban J connectivity index is 1.71. The monoisotopic (exact) mass is 263 g/mol. The second-order valence-corrected chi connectivity index (χ2v) is 5.72. The molecule has 0 aromatic heterocycles. The van der Waals surface area contributed by atoms with E-state index in [1.165, 1.54) is 31.7 Å². The lowest BCUT2D eigenvalue weighted by molar-refractivity contribution is 0.0696. The van der Waals surface area contributed by atoms with Crippen molar-refractivity contribution < 1.29 is 14.3 Å². The normalized spacial score (nSPS) is 18.8. The van der Waals surface area contributed by atoms with Crippen molar-refractivity contribution in [2.75, 3.05) is 6.54 Å². The Hall–Kier alpha value is -1.42. The van der Waals surface area contributed by atoms with Crippen LogP contribution in [0.2, 0.25) is 0 Å². The third-order valence-electron chi connectivity index (χ3n) is 3.93. The highest BCUT2D eigenvalue weighted by Crippen LogP contribution is 2.35. The number of aromatic carboxylic acids is 1. The molecule has 2 aliphatic rings. The van der Waals surface area contributed by atoms with Crippen molar-refractivity contribution in [3.63, 3.8) is 0 Å². The topological polar surface area (TPSA) is 40.5 Å². The van der Waals surface area contributed by atoms with Gasteiger partial charge in [-0.05, 0) is 43.7 Å². The van der Waals surface area contributed by atoms with E-state index in [1.54, 1.807) is 6.07 Å². The molecule has 102 valence electrons. The SMILES string of the molecule is O=C(O)c1ccc(CN(CC2CC2)C2CC2)c(F)c1. The fourth-order valence-electron chi connectivity index (χ4n) is 2.44. The lowest BCUT2D eigenvalue weighted by atomic mass is 10.1. The summed E-state index contributed by atoms with van der Waals surface area (Å²) in [6.07, 6.45) is 5.01. The van der Waals surface area contributed by atoms with E-state index in [4.69, 9.17) is 5.11 Å². The van der Waals surface area contributed by atoms with Gasteiger partial charge >= 0.3 is 5.97 Å². The Morgan fingerprint density at radius 3 is 2.58 bits per heavy atom. The second kappa shape index (κ2) is 4.93. The van der Waals surface area contributed by atoms with Crippen LogP contribution in [-0.2, 0) is 6.54 Å². The Bertz CT molecular complexity index is 495. The third-order valence-corrected chi connectivity index (χ3v) is 3.93. The largest absolute Gasteiger partial charge is 0.478 e. The minimum absolute atomic E-state index is 0.0152. The molecule has 0 heterocycles. The maximum Gasteiger partial charge on any atom is 0.335 e. The number of carboxylic acid groups (broad SMARTS) is 1. The van der Waals surface area contributed by atoms with Gasteiger partial charge in [0.1, 0.15) is 5.82 Å². The van der Waals surface area contributed by atoms with Crippen LogP contribution in [0.15, 0.2) is 18.2 Å². The molecule has 2 aliphatic carbocycles. The van der Waals surface area contributed by atoms with E-state index in [9.17, 15) is 9.18 Å². The molecule has 0 atom stereocenters. The first kappa shape index (κ1) is 12.6. The van der Waals surface area contributed by atoms with E-state index in [1.807, 2.05) is 0 Å². The first-order chi connectivity index (χ1) is 9.13. The lowest BCUT2D eigenvalue weighted by Gasteiger charge is -2.22. The average Bonchev–Trinajstić information content (AvgIpc) is 3.24. The van der Waals surface area contributed by atoms with E-state index in [-0.39, 0.29) is 5.56 Å². The number of hydrogen-bond acceptors (Lipinski definition) is 2. The van der Waals surface area contributed by atoms with Crippen LogP contribution in [-0.4, -0.2) is 28.6 Å². The summed E-state index contributed by atoms with van der Waals surface area (Å²) in [7, 11) is 0. The Kier molecular flexibility index (Phi) is 3.27. The summed E-state index contributed by atoms with van der Waals surface area (Å²) >= 11 is 0. The van der Waals surface area contributed by atoms with Crippen molar-refractivity contribution in [1.82, 2.24) is 4.90 Å². The molecule has 3 rings (SSSR count). The van der Waals surface area contributed by atoms with Crippen LogP contribution >= 0.6 is 0 Å². The number of halogens is 1.